The number of fused-ring (bicyclic) bond motifs is 2. The minimum absolute atomic E-state index is 0.00915. The summed E-state index contributed by atoms with van der Waals surface area (Å²) in [6, 6.07) is 8.04. The molecule has 0 spiro atoms. The summed E-state index contributed by atoms with van der Waals surface area (Å²) in [5, 5.41) is 13.0. The summed E-state index contributed by atoms with van der Waals surface area (Å²) in [6.45, 7) is 8.32. The molecule has 0 radical (unpaired) electrons. The Morgan fingerprint density at radius 3 is 2.19 bits per heavy atom. The van der Waals surface area contributed by atoms with Gasteiger partial charge in [-0.1, -0.05) is 45.0 Å². The summed E-state index contributed by atoms with van der Waals surface area (Å²) in [5.74, 6) is -2.91. The lowest BCUT2D eigenvalue weighted by molar-refractivity contribution is -0.148. The Morgan fingerprint density at radius 2 is 1.66 bits per heavy atom. The van der Waals surface area contributed by atoms with Gasteiger partial charge in [0.1, 0.15) is 5.00 Å². The molecule has 4 rings (SSSR count). The van der Waals surface area contributed by atoms with Crippen molar-refractivity contribution in [3.05, 3.63) is 40.3 Å². The first kappa shape index (κ1) is 22.5. The first-order valence-corrected chi connectivity index (χ1v) is 11.9. The molecular formula is C25H30N2O4S. The fourth-order valence-corrected chi connectivity index (χ4v) is 6.66. The van der Waals surface area contributed by atoms with Crippen LogP contribution in [0, 0.1) is 30.6 Å². The van der Waals surface area contributed by atoms with Crippen LogP contribution in [-0.2, 0) is 15.0 Å². The summed E-state index contributed by atoms with van der Waals surface area (Å²) in [6.07, 6.45) is 2.53. The molecule has 0 saturated heterocycles. The number of carbonyl (C=O) groups is 3. The molecule has 32 heavy (non-hydrogen) atoms. The van der Waals surface area contributed by atoms with Crippen LogP contribution in [0.2, 0.25) is 0 Å². The van der Waals surface area contributed by atoms with Crippen molar-refractivity contribution < 1.29 is 19.5 Å². The Balaban J connectivity index is 1.67. The van der Waals surface area contributed by atoms with Gasteiger partial charge >= 0.3 is 5.97 Å². The molecule has 2 aliphatic rings. The Morgan fingerprint density at radius 1 is 1.06 bits per heavy atom. The van der Waals surface area contributed by atoms with Gasteiger partial charge in [0.15, 0.2) is 0 Å². The van der Waals surface area contributed by atoms with Crippen LogP contribution < -0.4 is 11.1 Å². The first-order valence-electron chi connectivity index (χ1n) is 11.1. The van der Waals surface area contributed by atoms with E-state index in [0.717, 1.165) is 35.3 Å². The molecule has 2 amide bonds. The van der Waals surface area contributed by atoms with Gasteiger partial charge in [0.2, 0.25) is 5.91 Å². The first-order chi connectivity index (χ1) is 15.0. The van der Waals surface area contributed by atoms with Gasteiger partial charge in [0.05, 0.1) is 17.4 Å². The number of thiophene rings is 1. The lowest BCUT2D eigenvalue weighted by Gasteiger charge is -2.26. The highest BCUT2D eigenvalue weighted by atomic mass is 32.1. The molecule has 0 aliphatic heterocycles. The fraction of sp³-hybridized carbons (Fsp3) is 0.480. The van der Waals surface area contributed by atoms with E-state index in [9.17, 15) is 19.5 Å². The topological polar surface area (TPSA) is 109 Å². The number of carboxylic acids is 1. The highest BCUT2D eigenvalue weighted by Gasteiger charge is 2.54. The molecule has 4 atom stereocenters. The van der Waals surface area contributed by atoms with E-state index in [-0.39, 0.29) is 23.2 Å². The molecule has 0 unspecified atom stereocenters. The van der Waals surface area contributed by atoms with Gasteiger partial charge in [-0.25, -0.2) is 0 Å². The van der Waals surface area contributed by atoms with Crippen LogP contribution in [0.15, 0.2) is 24.3 Å². The molecule has 1 aromatic carbocycles. The van der Waals surface area contributed by atoms with Crippen LogP contribution >= 0.6 is 11.3 Å². The molecular weight excluding hydrogens is 424 g/mol. The van der Waals surface area contributed by atoms with Gasteiger partial charge in [-0.05, 0) is 54.6 Å². The van der Waals surface area contributed by atoms with Crippen LogP contribution in [0.5, 0.6) is 0 Å². The van der Waals surface area contributed by atoms with Crippen LogP contribution in [0.1, 0.15) is 60.8 Å². The van der Waals surface area contributed by atoms with Crippen LogP contribution in [-0.4, -0.2) is 22.9 Å². The molecule has 2 aromatic rings. The van der Waals surface area contributed by atoms with E-state index in [1.807, 2.05) is 31.2 Å². The SMILES string of the molecule is Cc1sc(NC(=O)[C@@H]2[C@@H]3CC[C@@H](C3)[C@@H]2C(=O)O)c(C(N)=O)c1-c1ccc(C(C)(C)C)cc1. The van der Waals surface area contributed by atoms with Gasteiger partial charge in [0.25, 0.3) is 5.91 Å². The van der Waals surface area contributed by atoms with E-state index in [1.54, 1.807) is 0 Å². The summed E-state index contributed by atoms with van der Waals surface area (Å²) in [7, 11) is 0. The predicted molar refractivity (Wildman–Crippen MR) is 126 cm³/mol. The molecule has 2 aliphatic carbocycles. The molecule has 1 heterocycles. The van der Waals surface area contributed by atoms with Crippen LogP contribution in [0.3, 0.4) is 0 Å². The Bertz CT molecular complexity index is 1080. The highest BCUT2D eigenvalue weighted by Crippen LogP contribution is 2.53. The average molecular weight is 455 g/mol. The Hall–Kier alpha value is -2.67. The van der Waals surface area contributed by atoms with Crippen molar-refractivity contribution >= 4 is 34.1 Å². The van der Waals surface area contributed by atoms with E-state index in [0.29, 0.717) is 10.6 Å². The number of benzene rings is 1. The number of primary amides is 1. The molecule has 2 saturated carbocycles. The zero-order valence-corrected chi connectivity index (χ0v) is 19.7. The summed E-state index contributed by atoms with van der Waals surface area (Å²) < 4.78 is 0. The van der Waals surface area contributed by atoms with Crippen molar-refractivity contribution in [3.8, 4) is 11.1 Å². The van der Waals surface area contributed by atoms with E-state index in [2.05, 4.69) is 26.1 Å². The number of anilines is 1. The molecule has 6 nitrogen and oxygen atoms in total. The van der Waals surface area contributed by atoms with Gasteiger partial charge < -0.3 is 16.2 Å². The Labute approximate surface area is 192 Å². The maximum atomic E-state index is 13.2. The molecule has 2 fully saturated rings. The molecule has 7 heteroatoms. The lowest BCUT2D eigenvalue weighted by Crippen LogP contribution is -2.38. The molecule has 2 bridgehead atoms. The number of rotatable bonds is 5. The normalized spacial score (nSPS) is 24.5. The average Bonchev–Trinajstić information content (AvgIpc) is 3.39. The second kappa shape index (κ2) is 8.03. The van der Waals surface area contributed by atoms with Crippen LogP contribution in [0.4, 0.5) is 5.00 Å². The van der Waals surface area contributed by atoms with Crippen molar-refractivity contribution in [1.82, 2.24) is 0 Å². The van der Waals surface area contributed by atoms with Gasteiger partial charge in [-0.2, -0.15) is 0 Å². The van der Waals surface area contributed by atoms with Gasteiger partial charge in [-0.15, -0.1) is 11.3 Å². The van der Waals surface area contributed by atoms with Crippen LogP contribution in [0.25, 0.3) is 11.1 Å². The number of aliphatic carboxylic acids is 1. The van der Waals surface area contributed by atoms with Gasteiger partial charge in [0, 0.05) is 10.4 Å². The van der Waals surface area contributed by atoms with Crippen molar-refractivity contribution in [3.63, 3.8) is 0 Å². The third-order valence-corrected chi connectivity index (χ3v) is 8.13. The van der Waals surface area contributed by atoms with E-state index < -0.39 is 23.7 Å². The number of amides is 2. The minimum Gasteiger partial charge on any atom is -0.481 e. The molecule has 1 aromatic heterocycles. The summed E-state index contributed by atoms with van der Waals surface area (Å²) >= 11 is 1.31. The lowest BCUT2D eigenvalue weighted by atomic mass is 9.78. The monoisotopic (exact) mass is 454 g/mol. The second-order valence-corrected chi connectivity index (χ2v) is 11.4. The smallest absolute Gasteiger partial charge is 0.307 e. The zero-order valence-electron chi connectivity index (χ0n) is 18.9. The van der Waals surface area contributed by atoms with Crippen molar-refractivity contribution in [2.45, 2.75) is 52.4 Å². The number of nitrogens with two attached hydrogens (primary N) is 1. The minimum atomic E-state index is -0.908. The van der Waals surface area contributed by atoms with E-state index in [1.165, 1.54) is 16.9 Å². The third-order valence-electron chi connectivity index (χ3n) is 7.11. The highest BCUT2D eigenvalue weighted by molar-refractivity contribution is 7.17. The number of carbonyl (C=O) groups excluding carboxylic acids is 2. The number of carboxylic acid groups (broad SMARTS) is 1. The standard InChI is InChI=1S/C25H30N2O4S/c1-12-17(13-7-9-16(10-8-13)25(2,3)4)20(21(26)28)23(32-12)27-22(29)18-14-5-6-15(11-14)19(18)24(30)31/h7-10,14-15,18-19H,5-6,11H2,1-4H3,(H2,26,28)(H,27,29)(H,30,31)/t14-,15+,18-,19+/m1/s1. The quantitative estimate of drug-likeness (QED) is 0.602. The number of hydrogen-bond donors (Lipinski definition) is 3. The Kier molecular flexibility index (Phi) is 5.65. The van der Waals surface area contributed by atoms with E-state index in [4.69, 9.17) is 5.73 Å². The number of nitrogens with one attached hydrogen (secondary N) is 1. The molecule has 170 valence electrons. The maximum Gasteiger partial charge on any atom is 0.307 e. The number of aryl methyl sites for hydroxylation is 1. The van der Waals surface area contributed by atoms with Crippen molar-refractivity contribution in [2.75, 3.05) is 5.32 Å². The van der Waals surface area contributed by atoms with Crippen molar-refractivity contribution in [2.24, 2.45) is 29.4 Å². The second-order valence-electron chi connectivity index (χ2n) is 10.1. The predicted octanol–water partition coefficient (Wildman–Crippen LogP) is 4.81. The third kappa shape index (κ3) is 3.83. The van der Waals surface area contributed by atoms with Crippen molar-refractivity contribution in [1.29, 1.82) is 0 Å². The summed E-state index contributed by atoms with van der Waals surface area (Å²) in [5.41, 5.74) is 8.82. The fourth-order valence-electron chi connectivity index (χ4n) is 5.57. The van der Waals surface area contributed by atoms with Gasteiger partial charge in [-0.3, -0.25) is 14.4 Å². The molecule has 4 N–H and O–H groups in total. The zero-order chi connectivity index (χ0) is 23.4. The largest absolute Gasteiger partial charge is 0.481 e. The maximum absolute atomic E-state index is 13.2. The summed E-state index contributed by atoms with van der Waals surface area (Å²) in [4.78, 5) is 38.3. The van der Waals surface area contributed by atoms with E-state index >= 15 is 0 Å². The number of hydrogen-bond acceptors (Lipinski definition) is 4.